The zero-order valence-electron chi connectivity index (χ0n) is 10.8. The summed E-state index contributed by atoms with van der Waals surface area (Å²) < 4.78 is 5.14. The minimum absolute atomic E-state index is 0.241. The molecule has 5 nitrogen and oxygen atoms in total. The number of aryl methyl sites for hydroxylation is 1. The average molecular weight is 291 g/mol. The Balaban J connectivity index is 2.15. The number of carbonyl (C=O) groups is 2. The van der Waals surface area contributed by atoms with Crippen molar-refractivity contribution >= 4 is 28.9 Å². The number of carbonyl (C=O) groups excluding carboxylic acids is 1. The lowest BCUT2D eigenvalue weighted by atomic mass is 10.2. The van der Waals surface area contributed by atoms with Gasteiger partial charge in [0.1, 0.15) is 5.75 Å². The highest BCUT2D eigenvalue weighted by Gasteiger charge is 2.13. The van der Waals surface area contributed by atoms with Gasteiger partial charge in [-0.1, -0.05) is 12.1 Å². The van der Waals surface area contributed by atoms with E-state index in [2.05, 4.69) is 5.32 Å². The molecule has 0 spiro atoms. The van der Waals surface area contributed by atoms with E-state index in [-0.39, 0.29) is 5.91 Å². The molecule has 1 aromatic carbocycles. The van der Waals surface area contributed by atoms with Gasteiger partial charge in [-0.3, -0.25) is 4.79 Å². The van der Waals surface area contributed by atoms with Crippen molar-refractivity contribution in [3.63, 3.8) is 0 Å². The highest BCUT2D eigenvalue weighted by molar-refractivity contribution is 7.08. The van der Waals surface area contributed by atoms with Crippen LogP contribution in [0.4, 0.5) is 5.69 Å². The van der Waals surface area contributed by atoms with Crippen LogP contribution in [-0.4, -0.2) is 23.6 Å². The zero-order valence-corrected chi connectivity index (χ0v) is 11.6. The minimum Gasteiger partial charge on any atom is -0.480 e. The van der Waals surface area contributed by atoms with E-state index < -0.39 is 12.6 Å². The van der Waals surface area contributed by atoms with E-state index in [1.807, 2.05) is 12.3 Å². The Morgan fingerprint density at radius 1 is 1.30 bits per heavy atom. The van der Waals surface area contributed by atoms with Gasteiger partial charge in [0, 0.05) is 5.38 Å². The molecule has 0 aliphatic carbocycles. The third-order valence-electron chi connectivity index (χ3n) is 2.59. The maximum absolute atomic E-state index is 12.1. The van der Waals surface area contributed by atoms with Crippen molar-refractivity contribution in [1.29, 1.82) is 0 Å². The molecule has 2 N–H and O–H groups in total. The average Bonchev–Trinajstić information content (AvgIpc) is 2.84. The maximum atomic E-state index is 12.1. The molecule has 1 amide bonds. The molecule has 6 heteroatoms. The van der Waals surface area contributed by atoms with Crippen molar-refractivity contribution in [2.75, 3.05) is 11.9 Å². The van der Waals surface area contributed by atoms with Crippen molar-refractivity contribution in [3.8, 4) is 5.75 Å². The first-order valence-corrected chi connectivity index (χ1v) is 6.80. The summed E-state index contributed by atoms with van der Waals surface area (Å²) in [4.78, 5) is 22.6. The number of hydrogen-bond acceptors (Lipinski definition) is 4. The molecule has 0 radical (unpaired) electrons. The molecular weight excluding hydrogens is 278 g/mol. The Bertz CT molecular complexity index is 636. The molecule has 0 saturated carbocycles. The predicted octanol–water partition coefficient (Wildman–Crippen LogP) is 2.77. The normalized spacial score (nSPS) is 10.1. The van der Waals surface area contributed by atoms with E-state index in [1.54, 1.807) is 29.6 Å². The van der Waals surface area contributed by atoms with Gasteiger partial charge in [0.15, 0.2) is 6.61 Å². The summed E-state index contributed by atoms with van der Waals surface area (Å²) in [6, 6.07) is 6.72. The van der Waals surface area contributed by atoms with Crippen LogP contribution in [0.25, 0.3) is 0 Å². The Labute approximate surface area is 119 Å². The number of carboxylic acids is 1. The summed E-state index contributed by atoms with van der Waals surface area (Å²) in [5.41, 5.74) is 1.95. The number of hydrogen-bond donors (Lipinski definition) is 2. The molecule has 0 unspecified atom stereocenters. The summed E-state index contributed by atoms with van der Waals surface area (Å²) in [5.74, 6) is -0.980. The molecular formula is C14H13NO4S. The fraction of sp³-hybridized carbons (Fsp3) is 0.143. The van der Waals surface area contributed by atoms with E-state index in [4.69, 9.17) is 9.84 Å². The lowest BCUT2D eigenvalue weighted by Gasteiger charge is -2.11. The largest absolute Gasteiger partial charge is 0.480 e. The first-order valence-electron chi connectivity index (χ1n) is 5.85. The second-order valence-corrected chi connectivity index (χ2v) is 4.84. The molecule has 2 aromatic rings. The minimum atomic E-state index is -1.07. The number of rotatable bonds is 5. The number of aliphatic carboxylic acids is 1. The summed E-state index contributed by atoms with van der Waals surface area (Å²) in [6.45, 7) is 1.41. The third-order valence-corrected chi connectivity index (χ3v) is 3.45. The van der Waals surface area contributed by atoms with E-state index >= 15 is 0 Å². The molecule has 0 aliphatic rings. The highest BCUT2D eigenvalue weighted by Crippen LogP contribution is 2.25. The monoisotopic (exact) mass is 291 g/mol. The molecule has 0 aliphatic heterocycles. The number of amides is 1. The van der Waals surface area contributed by atoms with E-state index in [0.29, 0.717) is 17.0 Å². The van der Waals surface area contributed by atoms with Crippen LogP contribution in [0.3, 0.4) is 0 Å². The number of ether oxygens (including phenoxy) is 1. The fourth-order valence-corrected chi connectivity index (χ4v) is 2.45. The molecule has 104 valence electrons. The molecule has 0 saturated heterocycles. The number of para-hydroxylation sites is 2. The second kappa shape index (κ2) is 6.21. The summed E-state index contributed by atoms with van der Waals surface area (Å²) >= 11 is 1.45. The van der Waals surface area contributed by atoms with Gasteiger partial charge < -0.3 is 15.2 Å². The van der Waals surface area contributed by atoms with Crippen molar-refractivity contribution in [2.24, 2.45) is 0 Å². The molecule has 2 rings (SSSR count). The van der Waals surface area contributed by atoms with Crippen LogP contribution in [-0.2, 0) is 4.79 Å². The highest BCUT2D eigenvalue weighted by atomic mass is 32.1. The SMILES string of the molecule is Cc1cscc1C(=O)Nc1ccccc1OCC(=O)O. The van der Waals surface area contributed by atoms with Gasteiger partial charge in [-0.2, -0.15) is 11.3 Å². The van der Waals surface area contributed by atoms with Crippen LogP contribution >= 0.6 is 11.3 Å². The predicted molar refractivity (Wildman–Crippen MR) is 76.6 cm³/mol. The van der Waals surface area contributed by atoms with Crippen LogP contribution in [0.1, 0.15) is 15.9 Å². The van der Waals surface area contributed by atoms with Crippen LogP contribution in [0.2, 0.25) is 0 Å². The number of anilines is 1. The maximum Gasteiger partial charge on any atom is 0.341 e. The van der Waals surface area contributed by atoms with Gasteiger partial charge in [-0.25, -0.2) is 4.79 Å². The van der Waals surface area contributed by atoms with Crippen molar-refractivity contribution in [2.45, 2.75) is 6.92 Å². The van der Waals surface area contributed by atoms with Gasteiger partial charge in [0.05, 0.1) is 11.3 Å². The van der Waals surface area contributed by atoms with Crippen molar-refractivity contribution < 1.29 is 19.4 Å². The third kappa shape index (κ3) is 3.36. The molecule has 20 heavy (non-hydrogen) atoms. The van der Waals surface area contributed by atoms with E-state index in [0.717, 1.165) is 5.56 Å². The van der Waals surface area contributed by atoms with Gasteiger partial charge >= 0.3 is 5.97 Å². The van der Waals surface area contributed by atoms with Gasteiger partial charge in [0.25, 0.3) is 5.91 Å². The lowest BCUT2D eigenvalue weighted by molar-refractivity contribution is -0.139. The standard InChI is InChI=1S/C14H13NO4S/c1-9-7-20-8-10(9)14(18)15-11-4-2-3-5-12(11)19-6-13(16)17/h2-5,7-8H,6H2,1H3,(H,15,18)(H,16,17). The summed E-state index contributed by atoms with van der Waals surface area (Å²) in [6.07, 6.45) is 0. The Kier molecular flexibility index (Phi) is 4.37. The number of thiophene rings is 1. The van der Waals surface area contributed by atoms with Crippen LogP contribution in [0.15, 0.2) is 35.0 Å². The topological polar surface area (TPSA) is 75.6 Å². The van der Waals surface area contributed by atoms with Crippen LogP contribution in [0.5, 0.6) is 5.75 Å². The summed E-state index contributed by atoms with van der Waals surface area (Å²) in [7, 11) is 0. The molecule has 0 fully saturated rings. The first kappa shape index (κ1) is 14.1. The number of nitrogens with one attached hydrogen (secondary N) is 1. The quantitative estimate of drug-likeness (QED) is 0.888. The van der Waals surface area contributed by atoms with Crippen LogP contribution < -0.4 is 10.1 Å². The Morgan fingerprint density at radius 3 is 2.70 bits per heavy atom. The molecule has 0 atom stereocenters. The Morgan fingerprint density at radius 2 is 2.05 bits per heavy atom. The van der Waals surface area contributed by atoms with Crippen molar-refractivity contribution in [3.05, 3.63) is 46.2 Å². The second-order valence-electron chi connectivity index (χ2n) is 4.10. The van der Waals surface area contributed by atoms with Crippen LogP contribution in [0, 0.1) is 6.92 Å². The fourth-order valence-electron chi connectivity index (χ4n) is 1.62. The smallest absolute Gasteiger partial charge is 0.341 e. The summed E-state index contributed by atoms with van der Waals surface area (Å²) in [5, 5.41) is 15.0. The van der Waals surface area contributed by atoms with E-state index in [9.17, 15) is 9.59 Å². The zero-order chi connectivity index (χ0) is 14.5. The Hall–Kier alpha value is -2.34. The molecule has 1 aromatic heterocycles. The molecule has 0 bridgehead atoms. The van der Waals surface area contributed by atoms with E-state index in [1.165, 1.54) is 11.3 Å². The van der Waals surface area contributed by atoms with Crippen molar-refractivity contribution in [1.82, 2.24) is 0 Å². The van der Waals surface area contributed by atoms with Gasteiger partial charge in [0.2, 0.25) is 0 Å². The van der Waals surface area contributed by atoms with Gasteiger partial charge in [-0.05, 0) is 30.0 Å². The first-order chi connectivity index (χ1) is 9.58. The number of carboxylic acid groups (broad SMARTS) is 1. The lowest BCUT2D eigenvalue weighted by Crippen LogP contribution is -2.15. The molecule has 1 heterocycles. The number of benzene rings is 1. The van der Waals surface area contributed by atoms with Gasteiger partial charge in [-0.15, -0.1) is 0 Å².